The second-order valence-electron chi connectivity index (χ2n) is 4.01. The van der Waals surface area contributed by atoms with Crippen molar-refractivity contribution in [1.29, 1.82) is 0 Å². The first-order chi connectivity index (χ1) is 9.15. The minimum atomic E-state index is -0.935. The van der Waals surface area contributed by atoms with E-state index in [0.29, 0.717) is 25.2 Å². The van der Waals surface area contributed by atoms with Crippen molar-refractivity contribution in [2.75, 3.05) is 24.5 Å². The summed E-state index contributed by atoms with van der Waals surface area (Å²) in [5.74, 6) is -0.935. The van der Waals surface area contributed by atoms with Crippen LogP contribution in [0.3, 0.4) is 0 Å². The van der Waals surface area contributed by atoms with Crippen LogP contribution in [0.4, 0.5) is 10.5 Å². The van der Waals surface area contributed by atoms with E-state index in [0.717, 1.165) is 0 Å². The molecule has 0 aliphatic heterocycles. The number of nitrogens with two attached hydrogens (primary N) is 1. The minimum absolute atomic E-state index is 0.0980. The largest absolute Gasteiger partial charge is 0.481 e. The Balaban J connectivity index is 2.69. The second kappa shape index (κ2) is 8.10. The Labute approximate surface area is 112 Å². The van der Waals surface area contributed by atoms with Crippen molar-refractivity contribution in [3.05, 3.63) is 30.3 Å². The predicted octanol–water partition coefficient (Wildman–Crippen LogP) is 1.03. The lowest BCUT2D eigenvalue weighted by molar-refractivity contribution is -0.136. The van der Waals surface area contributed by atoms with Gasteiger partial charge >= 0.3 is 12.0 Å². The van der Waals surface area contributed by atoms with Gasteiger partial charge < -0.3 is 16.2 Å². The van der Waals surface area contributed by atoms with Gasteiger partial charge in [0.2, 0.25) is 0 Å². The molecule has 0 fully saturated rings. The number of carbonyl (C=O) groups excluding carboxylic acids is 1. The predicted molar refractivity (Wildman–Crippen MR) is 73.1 cm³/mol. The van der Waals surface area contributed by atoms with E-state index in [4.69, 9.17) is 10.8 Å². The molecule has 0 radical (unpaired) electrons. The van der Waals surface area contributed by atoms with E-state index in [1.165, 1.54) is 4.90 Å². The van der Waals surface area contributed by atoms with E-state index in [9.17, 15) is 9.59 Å². The van der Waals surface area contributed by atoms with Crippen LogP contribution in [0.15, 0.2) is 30.3 Å². The Hall–Kier alpha value is -2.08. The van der Waals surface area contributed by atoms with Gasteiger partial charge in [-0.25, -0.2) is 4.79 Å². The zero-order valence-electron chi connectivity index (χ0n) is 10.7. The van der Waals surface area contributed by atoms with Gasteiger partial charge in [0.25, 0.3) is 0 Å². The van der Waals surface area contributed by atoms with E-state index in [2.05, 4.69) is 5.32 Å². The van der Waals surface area contributed by atoms with Crippen molar-refractivity contribution >= 4 is 17.7 Å². The third-order valence-electron chi connectivity index (χ3n) is 2.52. The number of anilines is 1. The van der Waals surface area contributed by atoms with Crippen molar-refractivity contribution < 1.29 is 14.7 Å². The zero-order valence-corrected chi connectivity index (χ0v) is 10.7. The molecule has 0 aromatic heterocycles. The number of aliphatic carboxylic acids is 1. The molecule has 6 nitrogen and oxygen atoms in total. The molecule has 0 aliphatic carbocycles. The number of nitrogens with zero attached hydrogens (tertiary/aromatic N) is 1. The van der Waals surface area contributed by atoms with Crippen molar-refractivity contribution in [1.82, 2.24) is 5.32 Å². The summed E-state index contributed by atoms with van der Waals surface area (Å²) in [5.41, 5.74) is 6.03. The highest BCUT2D eigenvalue weighted by molar-refractivity contribution is 5.92. The molecule has 6 heteroatoms. The second-order valence-corrected chi connectivity index (χ2v) is 4.01. The number of hydrogen-bond donors (Lipinski definition) is 3. The highest BCUT2D eigenvalue weighted by Gasteiger charge is 2.15. The fourth-order valence-corrected chi connectivity index (χ4v) is 1.56. The number of carboxylic acid groups (broad SMARTS) is 1. The van der Waals surface area contributed by atoms with Crippen molar-refractivity contribution in [2.24, 2.45) is 5.73 Å². The summed E-state index contributed by atoms with van der Waals surface area (Å²) in [4.78, 5) is 24.1. The van der Waals surface area contributed by atoms with Gasteiger partial charge in [-0.2, -0.15) is 0 Å². The average molecular weight is 265 g/mol. The Bertz CT molecular complexity index is 409. The van der Waals surface area contributed by atoms with Crippen LogP contribution < -0.4 is 16.0 Å². The molecule has 0 aliphatic rings. The van der Waals surface area contributed by atoms with Crippen LogP contribution in [0, 0.1) is 0 Å². The van der Waals surface area contributed by atoms with E-state index >= 15 is 0 Å². The van der Waals surface area contributed by atoms with E-state index in [1.54, 1.807) is 24.3 Å². The van der Waals surface area contributed by atoms with E-state index in [-0.39, 0.29) is 19.0 Å². The van der Waals surface area contributed by atoms with Crippen LogP contribution in [-0.4, -0.2) is 36.7 Å². The Morgan fingerprint density at radius 3 is 2.53 bits per heavy atom. The molecule has 1 rings (SSSR count). The number of para-hydroxylation sites is 1. The molecule has 0 heterocycles. The van der Waals surface area contributed by atoms with Gasteiger partial charge in [0.05, 0.1) is 6.42 Å². The zero-order chi connectivity index (χ0) is 14.1. The highest BCUT2D eigenvalue weighted by atomic mass is 16.4. The lowest BCUT2D eigenvalue weighted by Crippen LogP contribution is -2.42. The fraction of sp³-hybridized carbons (Fsp3) is 0.385. The quantitative estimate of drug-likeness (QED) is 0.641. The summed E-state index contributed by atoms with van der Waals surface area (Å²) >= 11 is 0. The molecule has 0 spiro atoms. The lowest BCUT2D eigenvalue weighted by Gasteiger charge is -2.22. The van der Waals surface area contributed by atoms with Gasteiger partial charge in [-0.15, -0.1) is 0 Å². The smallest absolute Gasteiger partial charge is 0.321 e. The molecule has 0 unspecified atom stereocenters. The van der Waals surface area contributed by atoms with Gasteiger partial charge in [0, 0.05) is 18.8 Å². The van der Waals surface area contributed by atoms with Gasteiger partial charge in [-0.1, -0.05) is 18.2 Å². The molecular formula is C13H19N3O3. The van der Waals surface area contributed by atoms with Crippen molar-refractivity contribution in [2.45, 2.75) is 12.8 Å². The maximum atomic E-state index is 12.0. The van der Waals surface area contributed by atoms with E-state index in [1.807, 2.05) is 6.07 Å². The van der Waals surface area contributed by atoms with E-state index < -0.39 is 5.97 Å². The van der Waals surface area contributed by atoms with Crippen LogP contribution in [0.25, 0.3) is 0 Å². The number of benzene rings is 1. The minimum Gasteiger partial charge on any atom is -0.481 e. The van der Waals surface area contributed by atoms with Crippen LogP contribution in [0.2, 0.25) is 0 Å². The molecule has 104 valence electrons. The summed E-state index contributed by atoms with van der Waals surface area (Å²) in [6.07, 6.45) is 0.590. The number of hydrogen-bond acceptors (Lipinski definition) is 3. The molecule has 0 bridgehead atoms. The number of nitrogens with one attached hydrogen (secondary N) is 1. The molecule has 2 amide bonds. The van der Waals surface area contributed by atoms with Crippen LogP contribution >= 0.6 is 0 Å². The topological polar surface area (TPSA) is 95.7 Å². The lowest BCUT2D eigenvalue weighted by atomic mass is 10.2. The number of amides is 2. The Morgan fingerprint density at radius 1 is 1.26 bits per heavy atom. The summed E-state index contributed by atoms with van der Waals surface area (Å²) in [6, 6.07) is 8.67. The number of urea groups is 1. The SMILES string of the molecule is NCCCNC(=O)N(CCC(=O)O)c1ccccc1. The van der Waals surface area contributed by atoms with Crippen LogP contribution in [0.5, 0.6) is 0 Å². The maximum absolute atomic E-state index is 12.0. The van der Waals surface area contributed by atoms with Gasteiger partial charge in [0.1, 0.15) is 0 Å². The normalized spacial score (nSPS) is 9.95. The Kier molecular flexibility index (Phi) is 6.38. The molecule has 0 atom stereocenters. The first-order valence-corrected chi connectivity index (χ1v) is 6.17. The molecule has 1 aromatic carbocycles. The Morgan fingerprint density at radius 2 is 1.95 bits per heavy atom. The van der Waals surface area contributed by atoms with Gasteiger partial charge in [0.15, 0.2) is 0 Å². The van der Waals surface area contributed by atoms with Gasteiger partial charge in [-0.05, 0) is 25.1 Å². The standard InChI is InChI=1S/C13H19N3O3/c14-8-4-9-15-13(19)16(10-7-12(17)18)11-5-2-1-3-6-11/h1-3,5-6H,4,7-10,14H2,(H,15,19)(H,17,18). The first-order valence-electron chi connectivity index (χ1n) is 6.17. The molecule has 1 aromatic rings. The average Bonchev–Trinajstić information content (AvgIpc) is 2.40. The van der Waals surface area contributed by atoms with Crippen molar-refractivity contribution in [3.8, 4) is 0 Å². The third kappa shape index (κ3) is 5.39. The summed E-state index contributed by atoms with van der Waals surface area (Å²) in [5, 5.41) is 11.5. The number of carboxylic acids is 1. The summed E-state index contributed by atoms with van der Waals surface area (Å²) in [6.45, 7) is 1.11. The van der Waals surface area contributed by atoms with Crippen LogP contribution in [0.1, 0.15) is 12.8 Å². The first kappa shape index (κ1) is 15.0. The highest BCUT2D eigenvalue weighted by Crippen LogP contribution is 2.13. The third-order valence-corrected chi connectivity index (χ3v) is 2.52. The molecule has 19 heavy (non-hydrogen) atoms. The van der Waals surface area contributed by atoms with Gasteiger partial charge in [-0.3, -0.25) is 9.69 Å². The molecule has 0 saturated heterocycles. The molecule has 0 saturated carbocycles. The summed E-state index contributed by atoms with van der Waals surface area (Å²) in [7, 11) is 0. The van der Waals surface area contributed by atoms with Crippen LogP contribution in [-0.2, 0) is 4.79 Å². The fourth-order valence-electron chi connectivity index (χ4n) is 1.56. The number of rotatable bonds is 7. The molecule has 4 N–H and O–H groups in total. The summed E-state index contributed by atoms with van der Waals surface area (Å²) < 4.78 is 0. The molecular weight excluding hydrogens is 246 g/mol. The van der Waals surface area contributed by atoms with Crippen molar-refractivity contribution in [3.63, 3.8) is 0 Å². The monoisotopic (exact) mass is 265 g/mol. The maximum Gasteiger partial charge on any atom is 0.321 e. The number of carbonyl (C=O) groups is 2.